The van der Waals surface area contributed by atoms with Crippen molar-refractivity contribution in [1.82, 2.24) is 0 Å². The zero-order valence-corrected chi connectivity index (χ0v) is 13.6. The molecule has 0 aliphatic carbocycles. The van der Waals surface area contributed by atoms with Gasteiger partial charge >= 0.3 is 0 Å². The van der Waals surface area contributed by atoms with Crippen LogP contribution < -0.4 is 4.90 Å². The summed E-state index contributed by atoms with van der Waals surface area (Å²) in [6.07, 6.45) is 1.76. The van der Waals surface area contributed by atoms with Gasteiger partial charge in [-0.1, -0.05) is 48.0 Å². The lowest BCUT2D eigenvalue weighted by Gasteiger charge is -2.21. The highest BCUT2D eigenvalue weighted by Crippen LogP contribution is 2.49. The zero-order chi connectivity index (χ0) is 16.9. The second kappa shape index (κ2) is 5.06. The third kappa shape index (κ3) is 1.99. The molecule has 120 valence electrons. The Bertz CT molecular complexity index is 882. The van der Waals surface area contributed by atoms with Crippen LogP contribution in [-0.2, 0) is 19.9 Å². The SMILES string of the molecule is Cc1ccc(/C=C2/OC3(CC2=O)C(=O)N(C)c2ccccc23)cc1. The van der Waals surface area contributed by atoms with Crippen molar-refractivity contribution >= 4 is 23.5 Å². The van der Waals surface area contributed by atoms with Crippen LogP contribution in [0, 0.1) is 6.92 Å². The van der Waals surface area contributed by atoms with Gasteiger partial charge in [0.1, 0.15) is 0 Å². The van der Waals surface area contributed by atoms with Gasteiger partial charge in [-0.05, 0) is 24.6 Å². The van der Waals surface area contributed by atoms with Crippen LogP contribution in [0.4, 0.5) is 5.69 Å². The number of rotatable bonds is 1. The van der Waals surface area contributed by atoms with Gasteiger partial charge in [0.25, 0.3) is 5.91 Å². The summed E-state index contributed by atoms with van der Waals surface area (Å²) in [4.78, 5) is 26.9. The minimum atomic E-state index is -1.21. The molecule has 1 saturated heterocycles. The van der Waals surface area contributed by atoms with E-state index >= 15 is 0 Å². The number of amides is 1. The summed E-state index contributed by atoms with van der Waals surface area (Å²) in [5.41, 5.74) is 2.38. The van der Waals surface area contributed by atoms with E-state index in [1.807, 2.05) is 55.5 Å². The monoisotopic (exact) mass is 319 g/mol. The van der Waals surface area contributed by atoms with E-state index in [4.69, 9.17) is 4.74 Å². The Labute approximate surface area is 140 Å². The topological polar surface area (TPSA) is 46.6 Å². The van der Waals surface area contributed by atoms with E-state index in [0.717, 1.165) is 22.4 Å². The molecule has 0 radical (unpaired) electrons. The maximum Gasteiger partial charge on any atom is 0.276 e. The lowest BCUT2D eigenvalue weighted by molar-refractivity contribution is -0.135. The van der Waals surface area contributed by atoms with E-state index in [1.54, 1.807) is 18.0 Å². The van der Waals surface area contributed by atoms with E-state index in [0.29, 0.717) is 0 Å². The van der Waals surface area contributed by atoms with Crippen molar-refractivity contribution in [1.29, 1.82) is 0 Å². The Morgan fingerprint density at radius 3 is 2.54 bits per heavy atom. The number of hydrogen-bond donors (Lipinski definition) is 0. The number of fused-ring (bicyclic) bond motifs is 2. The normalized spacial score (nSPS) is 23.9. The lowest BCUT2D eigenvalue weighted by Crippen LogP contribution is -2.38. The third-order valence-electron chi connectivity index (χ3n) is 4.69. The number of anilines is 1. The quantitative estimate of drug-likeness (QED) is 0.758. The summed E-state index contributed by atoms with van der Waals surface area (Å²) in [7, 11) is 1.71. The highest BCUT2D eigenvalue weighted by molar-refractivity contribution is 6.13. The van der Waals surface area contributed by atoms with Crippen LogP contribution in [0.3, 0.4) is 0 Å². The first kappa shape index (κ1) is 14.7. The van der Waals surface area contributed by atoms with Crippen molar-refractivity contribution in [2.75, 3.05) is 11.9 Å². The molecule has 2 heterocycles. The summed E-state index contributed by atoms with van der Waals surface area (Å²) < 4.78 is 5.99. The van der Waals surface area contributed by atoms with E-state index in [1.165, 1.54) is 0 Å². The molecule has 4 nitrogen and oxygen atoms in total. The van der Waals surface area contributed by atoms with Gasteiger partial charge in [-0.2, -0.15) is 0 Å². The number of ketones is 1. The van der Waals surface area contributed by atoms with Gasteiger partial charge in [0.05, 0.1) is 12.1 Å². The number of nitrogens with zero attached hydrogens (tertiary/aromatic N) is 1. The standard InChI is InChI=1S/C20H17NO3/c1-13-7-9-14(10-8-13)11-18-17(22)12-20(24-18)15-5-3-4-6-16(15)21(2)19(20)23/h3-11H,12H2,1-2H3/b18-11+. The molecule has 24 heavy (non-hydrogen) atoms. The Kier molecular flexibility index (Phi) is 3.10. The number of Topliss-reactive ketones (excluding diaryl/α,β-unsaturated/α-hetero) is 1. The molecule has 4 rings (SSSR count). The highest BCUT2D eigenvalue weighted by atomic mass is 16.5. The average Bonchev–Trinajstić information content (AvgIpc) is 3.02. The van der Waals surface area contributed by atoms with Crippen LogP contribution in [0.15, 0.2) is 54.3 Å². The molecule has 2 aromatic rings. The fourth-order valence-electron chi connectivity index (χ4n) is 3.39. The van der Waals surface area contributed by atoms with Gasteiger partial charge in [-0.25, -0.2) is 0 Å². The largest absolute Gasteiger partial charge is 0.468 e. The minimum Gasteiger partial charge on any atom is -0.468 e. The molecule has 1 amide bonds. The maximum atomic E-state index is 12.8. The molecule has 2 aliphatic rings. The molecule has 1 atom stereocenters. The zero-order valence-electron chi connectivity index (χ0n) is 13.6. The van der Waals surface area contributed by atoms with Crippen LogP contribution in [0.25, 0.3) is 6.08 Å². The number of ether oxygens (including phenoxy) is 1. The number of carbonyl (C=O) groups is 2. The molecule has 1 fully saturated rings. The van der Waals surface area contributed by atoms with E-state index in [9.17, 15) is 9.59 Å². The van der Waals surface area contributed by atoms with Gasteiger partial charge < -0.3 is 9.64 Å². The van der Waals surface area contributed by atoms with Crippen molar-refractivity contribution in [3.63, 3.8) is 0 Å². The van der Waals surface area contributed by atoms with Gasteiger partial charge in [-0.3, -0.25) is 9.59 Å². The summed E-state index contributed by atoms with van der Waals surface area (Å²) >= 11 is 0. The van der Waals surface area contributed by atoms with Gasteiger partial charge in [-0.15, -0.1) is 0 Å². The van der Waals surface area contributed by atoms with Crippen molar-refractivity contribution in [2.24, 2.45) is 0 Å². The number of carbonyl (C=O) groups excluding carboxylic acids is 2. The summed E-state index contributed by atoms with van der Waals surface area (Å²) in [6.45, 7) is 2.01. The van der Waals surface area contributed by atoms with E-state index in [2.05, 4.69) is 0 Å². The number of aryl methyl sites for hydroxylation is 1. The summed E-state index contributed by atoms with van der Waals surface area (Å²) in [5, 5.41) is 0. The number of likely N-dealkylation sites (N-methyl/N-ethyl adjacent to an activating group) is 1. The van der Waals surface area contributed by atoms with Crippen LogP contribution in [0.1, 0.15) is 23.1 Å². The summed E-state index contributed by atoms with van der Waals surface area (Å²) in [6, 6.07) is 15.3. The number of allylic oxidation sites excluding steroid dienone is 1. The molecule has 1 unspecified atom stereocenters. The van der Waals surface area contributed by atoms with Gasteiger partial charge in [0, 0.05) is 12.6 Å². The van der Waals surface area contributed by atoms with Crippen molar-refractivity contribution in [3.05, 3.63) is 71.0 Å². The molecule has 0 aromatic heterocycles. The molecule has 4 heteroatoms. The fraction of sp³-hybridized carbons (Fsp3) is 0.200. The molecular formula is C20H17NO3. The Hall–Kier alpha value is -2.88. The first-order valence-electron chi connectivity index (χ1n) is 7.89. The molecule has 0 N–H and O–H groups in total. The Balaban J connectivity index is 1.76. The van der Waals surface area contributed by atoms with Gasteiger partial charge in [0.15, 0.2) is 5.76 Å². The molecule has 2 aliphatic heterocycles. The summed E-state index contributed by atoms with van der Waals surface area (Å²) in [5.74, 6) is -0.0873. The first-order chi connectivity index (χ1) is 11.5. The van der Waals surface area contributed by atoms with Crippen molar-refractivity contribution in [2.45, 2.75) is 18.9 Å². The van der Waals surface area contributed by atoms with Crippen LogP contribution in [0.2, 0.25) is 0 Å². The molecule has 2 aromatic carbocycles. The predicted molar refractivity (Wildman–Crippen MR) is 91.4 cm³/mol. The van der Waals surface area contributed by atoms with Gasteiger partial charge in [0.2, 0.25) is 11.4 Å². The smallest absolute Gasteiger partial charge is 0.276 e. The molecular weight excluding hydrogens is 302 g/mol. The number of hydrogen-bond acceptors (Lipinski definition) is 3. The van der Waals surface area contributed by atoms with Crippen LogP contribution in [0.5, 0.6) is 0 Å². The maximum absolute atomic E-state index is 12.8. The molecule has 1 spiro atoms. The second-order valence-corrected chi connectivity index (χ2v) is 6.33. The molecule has 0 bridgehead atoms. The number of benzene rings is 2. The lowest BCUT2D eigenvalue weighted by atomic mass is 9.92. The first-order valence-corrected chi connectivity index (χ1v) is 7.89. The fourth-order valence-corrected chi connectivity index (χ4v) is 3.39. The second-order valence-electron chi connectivity index (χ2n) is 6.33. The predicted octanol–water partition coefficient (Wildman–Crippen LogP) is 3.20. The van der Waals surface area contributed by atoms with E-state index < -0.39 is 5.60 Å². The number of para-hydroxylation sites is 1. The van der Waals surface area contributed by atoms with Crippen molar-refractivity contribution < 1.29 is 14.3 Å². The Morgan fingerprint density at radius 1 is 1.08 bits per heavy atom. The minimum absolute atomic E-state index is 0.0465. The third-order valence-corrected chi connectivity index (χ3v) is 4.69. The Morgan fingerprint density at radius 2 is 1.79 bits per heavy atom. The molecule has 0 saturated carbocycles. The van der Waals surface area contributed by atoms with Crippen LogP contribution in [-0.4, -0.2) is 18.7 Å². The van der Waals surface area contributed by atoms with Crippen LogP contribution >= 0.6 is 0 Å². The van der Waals surface area contributed by atoms with Crippen molar-refractivity contribution in [3.8, 4) is 0 Å². The highest BCUT2D eigenvalue weighted by Gasteiger charge is 2.57. The van der Waals surface area contributed by atoms with E-state index in [-0.39, 0.29) is 23.9 Å². The average molecular weight is 319 g/mol.